The minimum atomic E-state index is -0.508. The summed E-state index contributed by atoms with van der Waals surface area (Å²) in [5.41, 5.74) is 0.361. The van der Waals surface area contributed by atoms with Crippen molar-refractivity contribution in [1.29, 1.82) is 0 Å². The van der Waals surface area contributed by atoms with Gasteiger partial charge >= 0.3 is 0 Å². The maximum absolute atomic E-state index is 13.8. The number of carbonyl (C=O) groups excluding carboxylic acids is 1. The van der Waals surface area contributed by atoms with Crippen LogP contribution in [0.25, 0.3) is 0 Å². The van der Waals surface area contributed by atoms with Gasteiger partial charge in [-0.15, -0.1) is 0 Å². The Bertz CT molecular complexity index is 499. The van der Waals surface area contributed by atoms with Crippen molar-refractivity contribution in [3.05, 3.63) is 29.6 Å². The van der Waals surface area contributed by atoms with Crippen molar-refractivity contribution in [3.63, 3.8) is 0 Å². The topological polar surface area (TPSA) is 41.6 Å². The SMILES string of the molecule is COc1ccc(C(=O)N(CC2CCCN2)C(C)C)cc1F. The van der Waals surface area contributed by atoms with Gasteiger partial charge in [0.1, 0.15) is 0 Å². The second kappa shape index (κ2) is 6.89. The van der Waals surface area contributed by atoms with Crippen molar-refractivity contribution >= 4 is 5.91 Å². The van der Waals surface area contributed by atoms with E-state index in [9.17, 15) is 9.18 Å². The van der Waals surface area contributed by atoms with E-state index in [1.807, 2.05) is 13.8 Å². The van der Waals surface area contributed by atoms with Crippen molar-refractivity contribution < 1.29 is 13.9 Å². The normalized spacial score (nSPS) is 18.0. The van der Waals surface area contributed by atoms with Crippen LogP contribution in [0.5, 0.6) is 5.75 Å². The Balaban J connectivity index is 2.15. The Hall–Kier alpha value is -1.62. The number of amides is 1. The molecule has 2 rings (SSSR count). The third kappa shape index (κ3) is 3.73. The first-order valence-corrected chi connectivity index (χ1v) is 7.40. The molecule has 1 unspecified atom stereocenters. The van der Waals surface area contributed by atoms with E-state index in [0.717, 1.165) is 19.4 Å². The van der Waals surface area contributed by atoms with Gasteiger partial charge in [0.05, 0.1) is 7.11 Å². The summed E-state index contributed by atoms with van der Waals surface area (Å²) < 4.78 is 18.7. The van der Waals surface area contributed by atoms with E-state index in [1.165, 1.54) is 19.2 Å². The largest absolute Gasteiger partial charge is 0.494 e. The highest BCUT2D eigenvalue weighted by Crippen LogP contribution is 2.20. The van der Waals surface area contributed by atoms with E-state index >= 15 is 0 Å². The molecular weight excluding hydrogens is 271 g/mol. The van der Waals surface area contributed by atoms with Crippen LogP contribution in [-0.2, 0) is 0 Å². The lowest BCUT2D eigenvalue weighted by Gasteiger charge is -2.29. The van der Waals surface area contributed by atoms with Gasteiger partial charge in [0, 0.05) is 24.2 Å². The summed E-state index contributed by atoms with van der Waals surface area (Å²) in [6, 6.07) is 4.76. The summed E-state index contributed by atoms with van der Waals surface area (Å²) in [5, 5.41) is 3.39. The van der Waals surface area contributed by atoms with Gasteiger partial charge in [-0.1, -0.05) is 0 Å². The fourth-order valence-corrected chi connectivity index (χ4v) is 2.64. The predicted octanol–water partition coefficient (Wildman–Crippen LogP) is 2.44. The molecule has 116 valence electrons. The highest BCUT2D eigenvalue weighted by atomic mass is 19.1. The summed E-state index contributed by atoms with van der Waals surface area (Å²) >= 11 is 0. The molecule has 1 aliphatic rings. The maximum atomic E-state index is 13.8. The molecule has 21 heavy (non-hydrogen) atoms. The summed E-state index contributed by atoms with van der Waals surface area (Å²) in [4.78, 5) is 14.4. The molecule has 1 amide bonds. The Labute approximate surface area is 125 Å². The molecule has 0 aliphatic carbocycles. The number of nitrogens with zero attached hydrogens (tertiary/aromatic N) is 1. The first-order chi connectivity index (χ1) is 10.0. The molecule has 1 saturated heterocycles. The van der Waals surface area contributed by atoms with Crippen molar-refractivity contribution in [2.45, 2.75) is 38.8 Å². The van der Waals surface area contributed by atoms with Crippen LogP contribution in [-0.4, -0.2) is 43.1 Å². The first kappa shape index (κ1) is 15.8. The Morgan fingerprint density at radius 1 is 1.52 bits per heavy atom. The molecule has 1 aromatic carbocycles. The van der Waals surface area contributed by atoms with Gasteiger partial charge in [-0.05, 0) is 51.4 Å². The van der Waals surface area contributed by atoms with Gasteiger partial charge in [-0.2, -0.15) is 0 Å². The Morgan fingerprint density at radius 3 is 2.81 bits per heavy atom. The van der Waals surface area contributed by atoms with Gasteiger partial charge < -0.3 is 15.0 Å². The molecule has 0 bridgehead atoms. The third-order valence-corrected chi connectivity index (χ3v) is 3.86. The number of ether oxygens (including phenoxy) is 1. The van der Waals surface area contributed by atoms with Crippen LogP contribution < -0.4 is 10.1 Å². The lowest BCUT2D eigenvalue weighted by atomic mass is 10.1. The van der Waals surface area contributed by atoms with E-state index in [-0.39, 0.29) is 17.7 Å². The number of carbonyl (C=O) groups is 1. The zero-order valence-corrected chi connectivity index (χ0v) is 12.9. The highest BCUT2D eigenvalue weighted by molar-refractivity contribution is 5.94. The van der Waals surface area contributed by atoms with Crippen LogP contribution in [0.2, 0.25) is 0 Å². The molecule has 4 nitrogen and oxygen atoms in total. The average molecular weight is 294 g/mol. The first-order valence-electron chi connectivity index (χ1n) is 7.40. The van der Waals surface area contributed by atoms with E-state index in [2.05, 4.69) is 5.32 Å². The Morgan fingerprint density at radius 2 is 2.29 bits per heavy atom. The number of hydrogen-bond acceptors (Lipinski definition) is 3. The molecule has 0 spiro atoms. The van der Waals surface area contributed by atoms with Crippen LogP contribution >= 0.6 is 0 Å². The minimum absolute atomic E-state index is 0.0741. The third-order valence-electron chi connectivity index (χ3n) is 3.86. The molecule has 0 radical (unpaired) electrons. The van der Waals surface area contributed by atoms with E-state index < -0.39 is 5.82 Å². The number of methoxy groups -OCH3 is 1. The summed E-state index contributed by atoms with van der Waals surface area (Å²) in [6.07, 6.45) is 2.22. The number of halogens is 1. The van der Waals surface area contributed by atoms with Crippen LogP contribution in [0, 0.1) is 5.82 Å². The minimum Gasteiger partial charge on any atom is -0.494 e. The van der Waals surface area contributed by atoms with Gasteiger partial charge in [0.25, 0.3) is 5.91 Å². The van der Waals surface area contributed by atoms with Crippen molar-refractivity contribution in [2.75, 3.05) is 20.2 Å². The number of benzene rings is 1. The van der Waals surface area contributed by atoms with Gasteiger partial charge in [-0.25, -0.2) is 4.39 Å². The lowest BCUT2D eigenvalue weighted by Crippen LogP contribution is -2.44. The summed E-state index contributed by atoms with van der Waals surface area (Å²) in [6.45, 7) is 5.62. The smallest absolute Gasteiger partial charge is 0.254 e. The number of rotatable bonds is 5. The molecule has 0 saturated carbocycles. The average Bonchev–Trinajstić information content (AvgIpc) is 2.96. The number of nitrogens with one attached hydrogen (secondary N) is 1. The van der Waals surface area contributed by atoms with E-state index in [1.54, 1.807) is 11.0 Å². The van der Waals surface area contributed by atoms with Crippen LogP contribution in [0.1, 0.15) is 37.0 Å². The summed E-state index contributed by atoms with van der Waals surface area (Å²) in [5.74, 6) is -0.494. The van der Waals surface area contributed by atoms with Crippen LogP contribution in [0.4, 0.5) is 4.39 Å². The van der Waals surface area contributed by atoms with E-state index in [0.29, 0.717) is 18.2 Å². The molecular formula is C16H23FN2O2. The fourth-order valence-electron chi connectivity index (χ4n) is 2.64. The lowest BCUT2D eigenvalue weighted by molar-refractivity contribution is 0.0688. The summed E-state index contributed by atoms with van der Waals surface area (Å²) in [7, 11) is 1.41. The molecule has 1 heterocycles. The van der Waals surface area contributed by atoms with Gasteiger partial charge in [-0.3, -0.25) is 4.79 Å². The predicted molar refractivity (Wildman–Crippen MR) is 80.1 cm³/mol. The standard InChI is InChI=1S/C16H23FN2O2/c1-11(2)19(10-13-5-4-8-18-13)16(20)12-6-7-15(21-3)14(17)9-12/h6-7,9,11,13,18H,4-5,8,10H2,1-3H3. The molecule has 0 aromatic heterocycles. The van der Waals surface area contributed by atoms with Crippen LogP contribution in [0.15, 0.2) is 18.2 Å². The van der Waals surface area contributed by atoms with Crippen molar-refractivity contribution in [2.24, 2.45) is 0 Å². The second-order valence-corrected chi connectivity index (χ2v) is 5.69. The number of hydrogen-bond donors (Lipinski definition) is 1. The molecule has 1 atom stereocenters. The highest BCUT2D eigenvalue weighted by Gasteiger charge is 2.25. The quantitative estimate of drug-likeness (QED) is 0.907. The maximum Gasteiger partial charge on any atom is 0.254 e. The van der Waals surface area contributed by atoms with Crippen LogP contribution in [0.3, 0.4) is 0 Å². The van der Waals surface area contributed by atoms with Crippen molar-refractivity contribution in [1.82, 2.24) is 10.2 Å². The second-order valence-electron chi connectivity index (χ2n) is 5.69. The van der Waals surface area contributed by atoms with E-state index in [4.69, 9.17) is 4.74 Å². The molecule has 5 heteroatoms. The molecule has 1 N–H and O–H groups in total. The van der Waals surface area contributed by atoms with Crippen molar-refractivity contribution in [3.8, 4) is 5.75 Å². The van der Waals surface area contributed by atoms with Gasteiger partial charge in [0.2, 0.25) is 0 Å². The zero-order valence-electron chi connectivity index (χ0n) is 12.9. The zero-order chi connectivity index (χ0) is 15.4. The molecule has 1 aliphatic heterocycles. The molecule has 1 aromatic rings. The monoisotopic (exact) mass is 294 g/mol. The van der Waals surface area contributed by atoms with Gasteiger partial charge in [0.15, 0.2) is 11.6 Å². The molecule has 1 fully saturated rings. The fraction of sp³-hybridized carbons (Fsp3) is 0.562. The Kier molecular flexibility index (Phi) is 5.17.